The van der Waals surface area contributed by atoms with Crippen LogP contribution in [0.4, 0.5) is 15.8 Å². The predicted octanol–water partition coefficient (Wildman–Crippen LogP) is 2.26. The molecule has 12 nitrogen and oxygen atoms in total. The van der Waals surface area contributed by atoms with Gasteiger partial charge in [0.05, 0.1) is 49.3 Å². The molecule has 2 heterocycles. The van der Waals surface area contributed by atoms with E-state index < -0.39 is 56.1 Å². The highest BCUT2D eigenvalue weighted by Gasteiger charge is 2.40. The minimum atomic E-state index is -4.26. The molecule has 4 rings (SSSR count). The SMILES string of the molecule is CCOC(=O)C1CCCC1N(Cc1ccc(F)cn1)C(=O)CC1=NS(=O)(=O)c2cc(NS(C)(=O)=O)ccc2N1. The largest absolute Gasteiger partial charge is 0.466 e. The molecule has 0 bridgehead atoms. The van der Waals surface area contributed by atoms with E-state index in [-0.39, 0.29) is 35.3 Å². The summed E-state index contributed by atoms with van der Waals surface area (Å²) < 4.78 is 73.5. The van der Waals surface area contributed by atoms with Crippen molar-refractivity contribution in [3.63, 3.8) is 0 Å². The molecule has 1 fully saturated rings. The van der Waals surface area contributed by atoms with Crippen LogP contribution in [0, 0.1) is 11.7 Å². The second-order valence-electron chi connectivity index (χ2n) is 9.25. The van der Waals surface area contributed by atoms with Gasteiger partial charge in [0.15, 0.2) is 0 Å². The summed E-state index contributed by atoms with van der Waals surface area (Å²) in [5.74, 6) is -2.18. The molecule has 0 radical (unpaired) electrons. The lowest BCUT2D eigenvalue weighted by molar-refractivity contribution is -0.151. The zero-order valence-electron chi connectivity index (χ0n) is 21.3. The zero-order valence-corrected chi connectivity index (χ0v) is 22.9. The number of aromatic nitrogens is 1. The quantitative estimate of drug-likeness (QED) is 0.423. The topological polar surface area (TPSA) is 164 Å². The van der Waals surface area contributed by atoms with Crippen LogP contribution in [-0.4, -0.2) is 63.3 Å². The first-order valence-corrected chi connectivity index (χ1v) is 15.5. The number of amides is 1. The molecule has 15 heteroatoms. The van der Waals surface area contributed by atoms with Gasteiger partial charge in [0, 0.05) is 11.7 Å². The predicted molar refractivity (Wildman–Crippen MR) is 140 cm³/mol. The number of esters is 1. The van der Waals surface area contributed by atoms with Crippen molar-refractivity contribution in [3.8, 4) is 0 Å². The van der Waals surface area contributed by atoms with Crippen LogP contribution >= 0.6 is 0 Å². The van der Waals surface area contributed by atoms with Crippen LogP contribution in [0.2, 0.25) is 0 Å². The van der Waals surface area contributed by atoms with Crippen molar-refractivity contribution in [2.24, 2.45) is 10.3 Å². The van der Waals surface area contributed by atoms with Crippen molar-refractivity contribution in [3.05, 3.63) is 48.0 Å². The number of benzene rings is 1. The van der Waals surface area contributed by atoms with E-state index in [1.54, 1.807) is 6.92 Å². The van der Waals surface area contributed by atoms with E-state index in [0.29, 0.717) is 25.0 Å². The van der Waals surface area contributed by atoms with Gasteiger partial charge in [-0.3, -0.25) is 19.3 Å². The Hall–Kier alpha value is -3.59. The summed E-state index contributed by atoms with van der Waals surface area (Å²) in [6, 6.07) is 6.00. The molecule has 1 aliphatic carbocycles. The Morgan fingerprint density at radius 2 is 2.00 bits per heavy atom. The molecular weight excluding hydrogens is 553 g/mol. The van der Waals surface area contributed by atoms with Crippen molar-refractivity contribution >= 4 is 49.1 Å². The van der Waals surface area contributed by atoms with E-state index in [0.717, 1.165) is 18.5 Å². The van der Waals surface area contributed by atoms with Gasteiger partial charge in [-0.25, -0.2) is 12.8 Å². The highest BCUT2D eigenvalue weighted by Crippen LogP contribution is 2.34. The van der Waals surface area contributed by atoms with Crippen molar-refractivity contribution in [1.82, 2.24) is 9.88 Å². The van der Waals surface area contributed by atoms with Crippen LogP contribution in [0.1, 0.15) is 38.3 Å². The average Bonchev–Trinajstić information content (AvgIpc) is 3.32. The van der Waals surface area contributed by atoms with Gasteiger partial charge in [-0.15, -0.1) is 4.40 Å². The number of ether oxygens (including phenoxy) is 1. The fourth-order valence-corrected chi connectivity index (χ4v) is 6.44. The second kappa shape index (κ2) is 11.3. The lowest BCUT2D eigenvalue weighted by Gasteiger charge is -2.32. The highest BCUT2D eigenvalue weighted by molar-refractivity contribution is 7.92. The fourth-order valence-electron chi connectivity index (χ4n) is 4.71. The third-order valence-corrected chi connectivity index (χ3v) is 8.26. The minimum absolute atomic E-state index is 0.0309. The summed E-state index contributed by atoms with van der Waals surface area (Å²) in [6.45, 7) is 1.85. The van der Waals surface area contributed by atoms with Gasteiger partial charge < -0.3 is 15.0 Å². The smallest absolute Gasteiger partial charge is 0.311 e. The molecule has 1 aromatic carbocycles. The molecule has 0 spiro atoms. The number of fused-ring (bicyclic) bond motifs is 1. The number of carbonyl (C=O) groups is 2. The molecule has 1 aliphatic heterocycles. The van der Waals surface area contributed by atoms with Crippen LogP contribution in [0.3, 0.4) is 0 Å². The molecule has 210 valence electrons. The molecule has 2 atom stereocenters. The Labute approximate surface area is 225 Å². The second-order valence-corrected chi connectivity index (χ2v) is 12.6. The van der Waals surface area contributed by atoms with Crippen LogP contribution in [0.15, 0.2) is 45.8 Å². The molecule has 2 aliphatic rings. The van der Waals surface area contributed by atoms with Gasteiger partial charge in [0.25, 0.3) is 10.0 Å². The lowest BCUT2D eigenvalue weighted by Crippen LogP contribution is -2.45. The molecule has 2 unspecified atom stereocenters. The zero-order chi connectivity index (χ0) is 28.4. The first-order chi connectivity index (χ1) is 18.4. The van der Waals surface area contributed by atoms with Crippen molar-refractivity contribution in [2.45, 2.75) is 50.1 Å². The maximum atomic E-state index is 13.6. The maximum Gasteiger partial charge on any atom is 0.311 e. The van der Waals surface area contributed by atoms with E-state index in [9.17, 15) is 30.8 Å². The van der Waals surface area contributed by atoms with Gasteiger partial charge >= 0.3 is 5.97 Å². The third kappa shape index (κ3) is 6.89. The number of anilines is 2. The third-order valence-electron chi connectivity index (χ3n) is 6.30. The number of halogens is 1. The molecule has 1 aromatic heterocycles. The Bertz CT molecular complexity index is 1510. The standard InChI is InChI=1S/C24H28FN5O7S2/c1-3-37-24(32)18-5-4-6-20(18)30(14-17-8-7-15(25)13-26-17)23(31)12-22-27-19-10-9-16(28-38(2,33)34)11-21(19)39(35,36)29-22/h7-11,13,18,20,28H,3-6,12,14H2,1-2H3,(H,27,29). The summed E-state index contributed by atoms with van der Waals surface area (Å²) in [7, 11) is -7.90. The van der Waals surface area contributed by atoms with Gasteiger partial charge in [-0.2, -0.15) is 8.42 Å². The minimum Gasteiger partial charge on any atom is -0.466 e. The normalized spacial score (nSPS) is 19.8. The fraction of sp³-hybridized carbons (Fsp3) is 0.417. The maximum absolute atomic E-state index is 13.6. The van der Waals surface area contributed by atoms with Crippen LogP contribution in [0.5, 0.6) is 0 Å². The van der Waals surface area contributed by atoms with Gasteiger partial charge in [-0.05, 0) is 50.1 Å². The van der Waals surface area contributed by atoms with E-state index >= 15 is 0 Å². The molecule has 1 amide bonds. The van der Waals surface area contributed by atoms with Crippen LogP contribution in [0.25, 0.3) is 0 Å². The van der Waals surface area contributed by atoms with E-state index in [2.05, 4.69) is 19.4 Å². The average molecular weight is 582 g/mol. The highest BCUT2D eigenvalue weighted by atomic mass is 32.2. The molecule has 0 saturated heterocycles. The van der Waals surface area contributed by atoms with E-state index in [1.807, 2.05) is 0 Å². The summed E-state index contributed by atoms with van der Waals surface area (Å²) >= 11 is 0. The van der Waals surface area contributed by atoms with Crippen LogP contribution in [-0.2, 0) is 40.9 Å². The van der Waals surface area contributed by atoms with Gasteiger partial charge in [0.1, 0.15) is 16.5 Å². The lowest BCUT2D eigenvalue weighted by atomic mass is 10.0. The Kier molecular flexibility index (Phi) is 8.20. The Balaban J connectivity index is 1.60. The number of sulfonamides is 2. The molecule has 2 aromatic rings. The molecule has 2 N–H and O–H groups in total. The number of nitrogens with one attached hydrogen (secondary N) is 2. The summed E-state index contributed by atoms with van der Waals surface area (Å²) in [6.07, 6.45) is 3.25. The van der Waals surface area contributed by atoms with Crippen molar-refractivity contribution in [1.29, 1.82) is 0 Å². The molecular formula is C24H28FN5O7S2. The Morgan fingerprint density at radius 3 is 2.67 bits per heavy atom. The number of carbonyl (C=O) groups excluding carboxylic acids is 2. The number of pyridine rings is 1. The summed E-state index contributed by atoms with van der Waals surface area (Å²) in [4.78, 5) is 31.5. The number of hydrogen-bond donors (Lipinski definition) is 2. The monoisotopic (exact) mass is 581 g/mol. The van der Waals surface area contributed by atoms with Crippen LogP contribution < -0.4 is 10.0 Å². The van der Waals surface area contributed by atoms with E-state index in [4.69, 9.17) is 4.74 Å². The van der Waals surface area contributed by atoms with Gasteiger partial charge in [0.2, 0.25) is 15.9 Å². The van der Waals surface area contributed by atoms with E-state index in [1.165, 1.54) is 29.2 Å². The number of hydrogen-bond acceptors (Lipinski definition) is 9. The van der Waals surface area contributed by atoms with Crippen molar-refractivity contribution in [2.75, 3.05) is 22.9 Å². The first kappa shape index (κ1) is 28.4. The Morgan fingerprint density at radius 1 is 1.23 bits per heavy atom. The summed E-state index contributed by atoms with van der Waals surface area (Å²) in [5.41, 5.74) is 0.561. The number of nitrogens with zero attached hydrogens (tertiary/aromatic N) is 3. The molecule has 1 saturated carbocycles. The van der Waals surface area contributed by atoms with Crippen molar-refractivity contribution < 1.29 is 35.6 Å². The number of amidine groups is 1. The summed E-state index contributed by atoms with van der Waals surface area (Å²) in [5, 5.41) is 2.83. The first-order valence-electron chi connectivity index (χ1n) is 12.2. The number of rotatable bonds is 9. The molecule has 39 heavy (non-hydrogen) atoms. The van der Waals surface area contributed by atoms with Gasteiger partial charge in [-0.1, -0.05) is 6.42 Å².